The van der Waals surface area contributed by atoms with Crippen LogP contribution in [0, 0.1) is 6.92 Å². The number of hydrazone groups is 1. The van der Waals surface area contributed by atoms with Crippen LogP contribution in [0.25, 0.3) is 21.0 Å². The molecule has 0 saturated heterocycles. The molecule has 134 valence electrons. The van der Waals surface area contributed by atoms with E-state index in [1.807, 2.05) is 6.21 Å². The quantitative estimate of drug-likeness (QED) is 0.383. The van der Waals surface area contributed by atoms with Crippen LogP contribution in [0.4, 0.5) is 5.82 Å². The average molecular weight is 372 g/mol. The standard InChI is InChI=1S/C22H20N4S/c1-14-10-11-15-6-2-3-7-16(15)18(14)12-25-26-21-20-17-8-4-5-9-19(17)27-22(20)24-13-23-21/h2-3,6-7,10-13H,4-5,8-9H2,1H3,(H,23,24,26)/b25-12+. The van der Waals surface area contributed by atoms with Gasteiger partial charge in [0, 0.05) is 10.4 Å². The summed E-state index contributed by atoms with van der Waals surface area (Å²) in [7, 11) is 0. The fraction of sp³-hybridized carbons (Fsp3) is 0.227. The first-order chi connectivity index (χ1) is 13.3. The summed E-state index contributed by atoms with van der Waals surface area (Å²) in [4.78, 5) is 11.5. The molecule has 0 bridgehead atoms. The number of aromatic nitrogens is 2. The maximum Gasteiger partial charge on any atom is 0.158 e. The van der Waals surface area contributed by atoms with E-state index in [0.717, 1.165) is 34.4 Å². The predicted octanol–water partition coefficient (Wildman–Crippen LogP) is 5.48. The first-order valence-electron chi connectivity index (χ1n) is 9.34. The van der Waals surface area contributed by atoms with Crippen molar-refractivity contribution in [3.8, 4) is 0 Å². The molecular weight excluding hydrogens is 352 g/mol. The van der Waals surface area contributed by atoms with E-state index in [1.54, 1.807) is 17.7 Å². The van der Waals surface area contributed by atoms with Crippen molar-refractivity contribution in [3.05, 3.63) is 64.3 Å². The van der Waals surface area contributed by atoms with Gasteiger partial charge in [-0.1, -0.05) is 36.4 Å². The van der Waals surface area contributed by atoms with Gasteiger partial charge in [-0.25, -0.2) is 9.97 Å². The van der Waals surface area contributed by atoms with Gasteiger partial charge in [-0.15, -0.1) is 11.3 Å². The molecule has 2 heterocycles. The Kier molecular flexibility index (Phi) is 4.09. The topological polar surface area (TPSA) is 50.2 Å². The Morgan fingerprint density at radius 1 is 1.07 bits per heavy atom. The van der Waals surface area contributed by atoms with Gasteiger partial charge in [0.25, 0.3) is 0 Å². The van der Waals surface area contributed by atoms with Gasteiger partial charge in [-0.2, -0.15) is 5.10 Å². The van der Waals surface area contributed by atoms with Crippen molar-refractivity contribution >= 4 is 44.4 Å². The smallest absolute Gasteiger partial charge is 0.158 e. The number of rotatable bonds is 3. The Balaban J connectivity index is 1.52. The lowest BCUT2D eigenvalue weighted by Gasteiger charge is -2.11. The highest BCUT2D eigenvalue weighted by atomic mass is 32.1. The molecule has 27 heavy (non-hydrogen) atoms. The first-order valence-corrected chi connectivity index (χ1v) is 10.2. The second kappa shape index (κ2) is 6.74. The van der Waals surface area contributed by atoms with E-state index in [-0.39, 0.29) is 0 Å². The van der Waals surface area contributed by atoms with Crippen molar-refractivity contribution in [2.75, 3.05) is 5.43 Å². The fourth-order valence-corrected chi connectivity index (χ4v) is 5.14. The second-order valence-electron chi connectivity index (χ2n) is 7.00. The molecule has 5 heteroatoms. The summed E-state index contributed by atoms with van der Waals surface area (Å²) in [5.74, 6) is 0.813. The number of thiophene rings is 1. The molecule has 1 aliphatic carbocycles. The van der Waals surface area contributed by atoms with Crippen LogP contribution >= 0.6 is 11.3 Å². The van der Waals surface area contributed by atoms with Crippen LogP contribution in [-0.2, 0) is 12.8 Å². The first kappa shape index (κ1) is 16.4. The van der Waals surface area contributed by atoms with E-state index >= 15 is 0 Å². The highest BCUT2D eigenvalue weighted by Gasteiger charge is 2.19. The lowest BCUT2D eigenvalue weighted by molar-refractivity contribution is 0.700. The van der Waals surface area contributed by atoms with Crippen LogP contribution in [0.5, 0.6) is 0 Å². The van der Waals surface area contributed by atoms with Crippen LogP contribution in [-0.4, -0.2) is 16.2 Å². The maximum atomic E-state index is 4.54. The van der Waals surface area contributed by atoms with Crippen molar-refractivity contribution in [2.45, 2.75) is 32.6 Å². The van der Waals surface area contributed by atoms with Crippen molar-refractivity contribution in [1.29, 1.82) is 0 Å². The van der Waals surface area contributed by atoms with Crippen molar-refractivity contribution in [3.63, 3.8) is 0 Å². The molecule has 0 saturated carbocycles. The van der Waals surface area contributed by atoms with Gasteiger partial charge in [0.05, 0.1) is 11.6 Å². The zero-order valence-corrected chi connectivity index (χ0v) is 16.0. The summed E-state index contributed by atoms with van der Waals surface area (Å²) in [5, 5.41) is 8.13. The number of benzene rings is 2. The molecule has 0 amide bonds. The molecule has 1 N–H and O–H groups in total. The minimum atomic E-state index is 0.813. The monoisotopic (exact) mass is 372 g/mol. The highest BCUT2D eigenvalue weighted by Crippen LogP contribution is 2.38. The van der Waals surface area contributed by atoms with E-state index in [0.29, 0.717) is 0 Å². The Bertz CT molecular complexity index is 1180. The lowest BCUT2D eigenvalue weighted by atomic mass is 9.97. The third-order valence-corrected chi connectivity index (χ3v) is 6.50. The van der Waals surface area contributed by atoms with Crippen LogP contribution in [0.2, 0.25) is 0 Å². The third-order valence-electron chi connectivity index (χ3n) is 5.30. The Hall–Kier alpha value is -2.79. The van der Waals surface area contributed by atoms with Crippen molar-refractivity contribution in [1.82, 2.24) is 9.97 Å². The Morgan fingerprint density at radius 3 is 2.93 bits per heavy atom. The zero-order chi connectivity index (χ0) is 18.2. The van der Waals surface area contributed by atoms with Gasteiger partial charge < -0.3 is 0 Å². The molecule has 4 nitrogen and oxygen atoms in total. The van der Waals surface area contributed by atoms with E-state index in [4.69, 9.17) is 0 Å². The normalized spacial score (nSPS) is 14.1. The van der Waals surface area contributed by atoms with Gasteiger partial charge in [-0.3, -0.25) is 5.43 Å². The molecule has 2 aromatic carbocycles. The second-order valence-corrected chi connectivity index (χ2v) is 8.08. The summed E-state index contributed by atoms with van der Waals surface area (Å²) in [6.07, 6.45) is 8.33. The van der Waals surface area contributed by atoms with Gasteiger partial charge in [0.1, 0.15) is 11.2 Å². The fourth-order valence-electron chi connectivity index (χ4n) is 3.91. The molecule has 5 rings (SSSR count). The number of aryl methyl sites for hydroxylation is 3. The molecule has 0 atom stereocenters. The van der Waals surface area contributed by atoms with Crippen LogP contribution in [0.15, 0.2) is 47.8 Å². The Labute approximate surface area is 162 Å². The van der Waals surface area contributed by atoms with E-state index in [9.17, 15) is 0 Å². The van der Waals surface area contributed by atoms with Gasteiger partial charge in [-0.05, 0) is 54.5 Å². The van der Waals surface area contributed by atoms with Crippen molar-refractivity contribution < 1.29 is 0 Å². The molecule has 0 radical (unpaired) electrons. The lowest BCUT2D eigenvalue weighted by Crippen LogP contribution is -2.01. The van der Waals surface area contributed by atoms with Crippen LogP contribution < -0.4 is 5.43 Å². The van der Waals surface area contributed by atoms with Gasteiger partial charge >= 0.3 is 0 Å². The SMILES string of the molecule is Cc1ccc2ccccc2c1/C=N/Nc1ncnc2sc3c(c12)CCCC3. The summed E-state index contributed by atoms with van der Waals surface area (Å²) >= 11 is 1.81. The summed E-state index contributed by atoms with van der Waals surface area (Å²) in [6, 6.07) is 12.7. The van der Waals surface area contributed by atoms with E-state index < -0.39 is 0 Å². The maximum absolute atomic E-state index is 4.54. The number of nitrogens with one attached hydrogen (secondary N) is 1. The molecule has 0 fully saturated rings. The highest BCUT2D eigenvalue weighted by molar-refractivity contribution is 7.19. The minimum absolute atomic E-state index is 0.813. The largest absolute Gasteiger partial charge is 0.261 e. The third kappa shape index (κ3) is 2.88. The average Bonchev–Trinajstić information content (AvgIpc) is 3.09. The molecular formula is C22H20N4S. The molecule has 0 aliphatic heterocycles. The molecule has 4 aromatic rings. The summed E-state index contributed by atoms with van der Waals surface area (Å²) < 4.78 is 0. The minimum Gasteiger partial charge on any atom is -0.261 e. The molecule has 1 aliphatic rings. The van der Waals surface area contributed by atoms with E-state index in [2.05, 4.69) is 63.8 Å². The predicted molar refractivity (Wildman–Crippen MR) is 114 cm³/mol. The number of nitrogens with zero attached hydrogens (tertiary/aromatic N) is 3. The van der Waals surface area contributed by atoms with Gasteiger partial charge in [0.15, 0.2) is 5.82 Å². The summed E-state index contributed by atoms with van der Waals surface area (Å²) in [6.45, 7) is 2.12. The van der Waals surface area contributed by atoms with Crippen LogP contribution in [0.1, 0.15) is 34.4 Å². The summed E-state index contributed by atoms with van der Waals surface area (Å²) in [5.41, 5.74) is 6.95. The number of hydrogen-bond donors (Lipinski definition) is 1. The number of hydrogen-bond acceptors (Lipinski definition) is 5. The number of anilines is 1. The molecule has 2 aromatic heterocycles. The van der Waals surface area contributed by atoms with Crippen molar-refractivity contribution in [2.24, 2.45) is 5.10 Å². The molecule has 0 spiro atoms. The van der Waals surface area contributed by atoms with Crippen LogP contribution in [0.3, 0.4) is 0 Å². The van der Waals surface area contributed by atoms with E-state index in [1.165, 1.54) is 39.6 Å². The van der Waals surface area contributed by atoms with Gasteiger partial charge in [0.2, 0.25) is 0 Å². The Morgan fingerprint density at radius 2 is 1.96 bits per heavy atom. The molecule has 0 unspecified atom stereocenters. The number of fused-ring (bicyclic) bond motifs is 4. The zero-order valence-electron chi connectivity index (χ0n) is 15.2.